The summed E-state index contributed by atoms with van der Waals surface area (Å²) in [6.07, 6.45) is 1.14. The van der Waals surface area contributed by atoms with Gasteiger partial charge < -0.3 is 15.4 Å². The van der Waals surface area contributed by atoms with E-state index < -0.39 is 17.2 Å². The van der Waals surface area contributed by atoms with Crippen molar-refractivity contribution in [3.63, 3.8) is 0 Å². The topological polar surface area (TPSA) is 99.3 Å². The summed E-state index contributed by atoms with van der Waals surface area (Å²) in [6.45, 7) is 1.45. The van der Waals surface area contributed by atoms with Crippen LogP contribution in [-0.4, -0.2) is 21.8 Å². The van der Waals surface area contributed by atoms with E-state index in [0.29, 0.717) is 11.3 Å². The van der Waals surface area contributed by atoms with Crippen molar-refractivity contribution in [1.82, 2.24) is 4.98 Å². The standard InChI is InChI=1S/C14H12N2O4/c1-8(17)9-2-4-10(5-3-9)16-14(20)11-7-15-13(19)6-12(11)18/h2-7H,1H3,(H,16,20)(H2,15,18,19). The van der Waals surface area contributed by atoms with Crippen LogP contribution in [0.15, 0.2) is 41.3 Å². The minimum Gasteiger partial charge on any atom is -0.507 e. The zero-order valence-electron chi connectivity index (χ0n) is 10.6. The minimum atomic E-state index is -0.561. The van der Waals surface area contributed by atoms with Crippen molar-refractivity contribution in [1.29, 1.82) is 0 Å². The molecule has 1 heterocycles. The molecule has 0 aliphatic rings. The molecule has 6 nitrogen and oxygen atoms in total. The van der Waals surface area contributed by atoms with E-state index in [2.05, 4.69) is 10.3 Å². The van der Waals surface area contributed by atoms with Crippen molar-refractivity contribution in [3.8, 4) is 5.75 Å². The Bertz CT molecular complexity index is 717. The fourth-order valence-corrected chi connectivity index (χ4v) is 1.63. The van der Waals surface area contributed by atoms with Crippen LogP contribution in [0.4, 0.5) is 5.69 Å². The van der Waals surface area contributed by atoms with E-state index in [1.807, 2.05) is 0 Å². The fraction of sp³-hybridized carbons (Fsp3) is 0.0714. The number of ketones is 1. The van der Waals surface area contributed by atoms with Crippen LogP contribution in [0.25, 0.3) is 0 Å². The number of nitrogens with one attached hydrogen (secondary N) is 2. The Balaban J connectivity index is 2.19. The number of H-pyrrole nitrogens is 1. The van der Waals surface area contributed by atoms with Crippen molar-refractivity contribution in [2.24, 2.45) is 0 Å². The Morgan fingerprint density at radius 1 is 1.20 bits per heavy atom. The molecule has 3 N–H and O–H groups in total. The summed E-state index contributed by atoms with van der Waals surface area (Å²) in [7, 11) is 0. The number of aromatic amines is 1. The minimum absolute atomic E-state index is 0.0414. The summed E-state index contributed by atoms with van der Waals surface area (Å²) >= 11 is 0. The molecule has 102 valence electrons. The molecule has 0 spiro atoms. The van der Waals surface area contributed by atoms with Gasteiger partial charge in [-0.15, -0.1) is 0 Å². The van der Waals surface area contributed by atoms with Gasteiger partial charge in [-0.2, -0.15) is 0 Å². The van der Waals surface area contributed by atoms with E-state index in [4.69, 9.17) is 0 Å². The SMILES string of the molecule is CC(=O)c1ccc(NC(=O)c2c[nH]c(=O)cc2O)cc1. The highest BCUT2D eigenvalue weighted by molar-refractivity contribution is 6.06. The molecule has 0 atom stereocenters. The molecule has 0 saturated carbocycles. The smallest absolute Gasteiger partial charge is 0.260 e. The fourth-order valence-electron chi connectivity index (χ4n) is 1.63. The molecular weight excluding hydrogens is 260 g/mol. The van der Waals surface area contributed by atoms with E-state index in [9.17, 15) is 19.5 Å². The van der Waals surface area contributed by atoms with Gasteiger partial charge in [0.25, 0.3) is 11.5 Å². The molecule has 0 fully saturated rings. The molecule has 6 heteroatoms. The highest BCUT2D eigenvalue weighted by Crippen LogP contribution is 2.16. The number of aromatic nitrogens is 1. The molecule has 20 heavy (non-hydrogen) atoms. The number of Topliss-reactive ketones (excluding diaryl/α,β-unsaturated/α-hetero) is 1. The molecule has 2 rings (SSSR count). The number of hydrogen-bond donors (Lipinski definition) is 3. The van der Waals surface area contributed by atoms with Crippen molar-refractivity contribution in [3.05, 3.63) is 58.0 Å². The first-order chi connectivity index (χ1) is 9.47. The van der Waals surface area contributed by atoms with Gasteiger partial charge in [-0.3, -0.25) is 14.4 Å². The number of amides is 1. The van der Waals surface area contributed by atoms with Gasteiger partial charge in [-0.25, -0.2) is 0 Å². The predicted octanol–water partition coefficient (Wildman–Crippen LogP) is 1.54. The lowest BCUT2D eigenvalue weighted by Gasteiger charge is -2.06. The third-order valence-electron chi connectivity index (χ3n) is 2.70. The average molecular weight is 272 g/mol. The summed E-state index contributed by atoms with van der Waals surface area (Å²) in [4.78, 5) is 36.3. The molecule has 0 unspecified atom stereocenters. The van der Waals surface area contributed by atoms with E-state index >= 15 is 0 Å². The zero-order chi connectivity index (χ0) is 14.7. The van der Waals surface area contributed by atoms with Gasteiger partial charge in [-0.1, -0.05) is 0 Å². The van der Waals surface area contributed by atoms with Crippen molar-refractivity contribution < 1.29 is 14.7 Å². The average Bonchev–Trinajstić information content (AvgIpc) is 2.39. The lowest BCUT2D eigenvalue weighted by molar-refractivity contribution is 0.101. The predicted molar refractivity (Wildman–Crippen MR) is 73.1 cm³/mol. The Kier molecular flexibility index (Phi) is 3.65. The largest absolute Gasteiger partial charge is 0.507 e. The summed E-state index contributed by atoms with van der Waals surface area (Å²) in [5.41, 5.74) is 0.477. The number of anilines is 1. The van der Waals surface area contributed by atoms with Crippen LogP contribution in [0.2, 0.25) is 0 Å². The zero-order valence-corrected chi connectivity index (χ0v) is 10.6. The van der Waals surface area contributed by atoms with Gasteiger partial charge in [0.05, 0.1) is 5.56 Å². The monoisotopic (exact) mass is 272 g/mol. The van der Waals surface area contributed by atoms with E-state index in [1.165, 1.54) is 6.92 Å². The number of benzene rings is 1. The van der Waals surface area contributed by atoms with Crippen molar-refractivity contribution in [2.75, 3.05) is 5.32 Å². The lowest BCUT2D eigenvalue weighted by Crippen LogP contribution is -2.15. The van der Waals surface area contributed by atoms with Crippen molar-refractivity contribution in [2.45, 2.75) is 6.92 Å². The molecular formula is C14H12N2O4. The van der Waals surface area contributed by atoms with E-state index in [-0.39, 0.29) is 11.3 Å². The Morgan fingerprint density at radius 3 is 2.40 bits per heavy atom. The number of hydrogen-bond acceptors (Lipinski definition) is 4. The lowest BCUT2D eigenvalue weighted by atomic mass is 10.1. The third-order valence-corrected chi connectivity index (χ3v) is 2.70. The van der Waals surface area contributed by atoms with Crippen LogP contribution >= 0.6 is 0 Å². The molecule has 1 amide bonds. The molecule has 0 saturated heterocycles. The van der Waals surface area contributed by atoms with E-state index in [0.717, 1.165) is 12.3 Å². The van der Waals surface area contributed by atoms with Crippen LogP contribution in [0.5, 0.6) is 5.75 Å². The van der Waals surface area contributed by atoms with Gasteiger partial charge in [0, 0.05) is 23.5 Å². The quantitative estimate of drug-likeness (QED) is 0.738. The molecule has 1 aromatic carbocycles. The number of aromatic hydroxyl groups is 1. The number of carbonyl (C=O) groups is 2. The highest BCUT2D eigenvalue weighted by Gasteiger charge is 2.12. The normalized spacial score (nSPS) is 10.1. The first-order valence-electron chi connectivity index (χ1n) is 5.81. The van der Waals surface area contributed by atoms with Gasteiger partial charge in [0.15, 0.2) is 5.78 Å². The molecule has 0 aliphatic carbocycles. The molecule has 0 radical (unpaired) electrons. The maximum atomic E-state index is 11.9. The summed E-state index contributed by atoms with van der Waals surface area (Å²) in [5.74, 6) is -1.03. The molecule has 2 aromatic rings. The molecule has 0 bridgehead atoms. The summed E-state index contributed by atoms with van der Waals surface area (Å²) in [6, 6.07) is 7.26. The van der Waals surface area contributed by atoms with Gasteiger partial charge in [0.2, 0.25) is 0 Å². The van der Waals surface area contributed by atoms with Crippen LogP contribution in [0.3, 0.4) is 0 Å². The van der Waals surface area contributed by atoms with Crippen molar-refractivity contribution >= 4 is 17.4 Å². The Hall–Kier alpha value is -2.89. The third kappa shape index (κ3) is 2.92. The Morgan fingerprint density at radius 2 is 1.85 bits per heavy atom. The molecule has 1 aromatic heterocycles. The molecule has 0 aliphatic heterocycles. The van der Waals surface area contributed by atoms with Crippen LogP contribution in [0, 0.1) is 0 Å². The van der Waals surface area contributed by atoms with Crippen LogP contribution in [-0.2, 0) is 0 Å². The second-order valence-electron chi connectivity index (χ2n) is 4.18. The maximum Gasteiger partial charge on any atom is 0.260 e. The Labute approximate surface area is 114 Å². The summed E-state index contributed by atoms with van der Waals surface area (Å²) < 4.78 is 0. The van der Waals surface area contributed by atoms with Gasteiger partial charge in [0.1, 0.15) is 5.75 Å². The highest BCUT2D eigenvalue weighted by atomic mass is 16.3. The van der Waals surface area contributed by atoms with E-state index in [1.54, 1.807) is 24.3 Å². The van der Waals surface area contributed by atoms with Crippen LogP contribution < -0.4 is 10.9 Å². The second kappa shape index (κ2) is 5.40. The summed E-state index contributed by atoms with van der Waals surface area (Å²) in [5, 5.41) is 12.1. The maximum absolute atomic E-state index is 11.9. The second-order valence-corrected chi connectivity index (χ2v) is 4.18. The number of rotatable bonds is 3. The first-order valence-corrected chi connectivity index (χ1v) is 5.81. The van der Waals surface area contributed by atoms with Crippen LogP contribution in [0.1, 0.15) is 27.6 Å². The van der Waals surface area contributed by atoms with Gasteiger partial charge >= 0.3 is 0 Å². The van der Waals surface area contributed by atoms with Gasteiger partial charge in [-0.05, 0) is 31.2 Å². The number of carbonyl (C=O) groups excluding carboxylic acids is 2. The number of pyridine rings is 1. The first kappa shape index (κ1) is 13.5.